The molecule has 0 aliphatic heterocycles. The van der Waals surface area contributed by atoms with E-state index >= 15 is 0 Å². The zero-order valence-corrected chi connectivity index (χ0v) is 11.4. The van der Waals surface area contributed by atoms with Crippen molar-refractivity contribution >= 4 is 32.0 Å². The molecular formula is C12H8F3N3O2S. The van der Waals surface area contributed by atoms with Crippen molar-refractivity contribution in [2.75, 3.05) is 0 Å². The Bertz CT molecular complexity index is 961. The molecule has 3 heterocycles. The highest BCUT2D eigenvalue weighted by Crippen LogP contribution is 2.34. The lowest BCUT2D eigenvalue weighted by Crippen LogP contribution is -2.29. The van der Waals surface area contributed by atoms with Gasteiger partial charge in [-0.3, -0.25) is 4.98 Å². The van der Waals surface area contributed by atoms with E-state index in [2.05, 4.69) is 9.97 Å². The quantitative estimate of drug-likeness (QED) is 0.692. The van der Waals surface area contributed by atoms with Crippen LogP contribution in [0.2, 0.25) is 0 Å². The Morgan fingerprint density at radius 3 is 2.57 bits per heavy atom. The molecule has 0 bridgehead atoms. The summed E-state index contributed by atoms with van der Waals surface area (Å²) in [5, 5.41) is 0.684. The summed E-state index contributed by atoms with van der Waals surface area (Å²) >= 11 is 0. The zero-order valence-electron chi connectivity index (χ0n) is 10.6. The van der Waals surface area contributed by atoms with E-state index in [9.17, 15) is 21.6 Å². The van der Waals surface area contributed by atoms with Crippen molar-refractivity contribution in [3.05, 3.63) is 36.3 Å². The number of fused-ring (bicyclic) bond motifs is 3. The fourth-order valence-corrected chi connectivity index (χ4v) is 3.14. The smallest absolute Gasteiger partial charge is 0.259 e. The van der Waals surface area contributed by atoms with Gasteiger partial charge in [0.15, 0.2) is 5.65 Å². The van der Waals surface area contributed by atoms with Gasteiger partial charge in [-0.1, -0.05) is 0 Å². The molecule has 0 unspecified atom stereocenters. The summed E-state index contributed by atoms with van der Waals surface area (Å²) in [5.74, 6) is 0. The number of pyridine rings is 2. The van der Waals surface area contributed by atoms with Crippen molar-refractivity contribution in [3.63, 3.8) is 0 Å². The van der Waals surface area contributed by atoms with E-state index in [1.54, 1.807) is 6.92 Å². The van der Waals surface area contributed by atoms with Crippen molar-refractivity contribution in [2.24, 2.45) is 0 Å². The molecule has 3 aromatic heterocycles. The lowest BCUT2D eigenvalue weighted by Gasteiger charge is -2.10. The molecule has 9 heteroatoms. The molecule has 0 saturated carbocycles. The van der Waals surface area contributed by atoms with Crippen LogP contribution >= 0.6 is 0 Å². The SMILES string of the molecule is Cc1cc2c3cccnc3n(S(=O)(=O)C(F)(F)F)c2cn1. The van der Waals surface area contributed by atoms with Crippen LogP contribution in [-0.4, -0.2) is 27.9 Å². The third kappa shape index (κ3) is 1.88. The molecule has 0 spiro atoms. The zero-order chi connectivity index (χ0) is 15.4. The summed E-state index contributed by atoms with van der Waals surface area (Å²) in [4.78, 5) is 7.66. The first-order valence-corrected chi connectivity index (χ1v) is 7.21. The first kappa shape index (κ1) is 13.8. The second kappa shape index (κ2) is 4.17. The maximum absolute atomic E-state index is 12.9. The molecule has 0 radical (unpaired) electrons. The summed E-state index contributed by atoms with van der Waals surface area (Å²) in [5.41, 5.74) is -5.27. The highest BCUT2D eigenvalue weighted by molar-refractivity contribution is 7.91. The average molecular weight is 315 g/mol. The Hall–Kier alpha value is -2.16. The lowest BCUT2D eigenvalue weighted by atomic mass is 10.2. The molecule has 21 heavy (non-hydrogen) atoms. The minimum absolute atomic E-state index is 0.147. The van der Waals surface area contributed by atoms with Gasteiger partial charge in [-0.05, 0) is 25.1 Å². The number of aryl methyl sites for hydroxylation is 1. The van der Waals surface area contributed by atoms with Crippen LogP contribution in [0.5, 0.6) is 0 Å². The van der Waals surface area contributed by atoms with E-state index in [1.165, 1.54) is 24.4 Å². The summed E-state index contributed by atoms with van der Waals surface area (Å²) in [6.07, 6.45) is 2.35. The number of halogens is 3. The molecule has 0 aromatic carbocycles. The van der Waals surface area contributed by atoms with E-state index in [4.69, 9.17) is 0 Å². The first-order chi connectivity index (χ1) is 9.73. The summed E-state index contributed by atoms with van der Waals surface area (Å²) in [6.45, 7) is 1.66. The molecule has 5 nitrogen and oxygen atoms in total. The highest BCUT2D eigenvalue weighted by atomic mass is 32.2. The van der Waals surface area contributed by atoms with Gasteiger partial charge in [-0.2, -0.15) is 21.6 Å². The number of aromatic nitrogens is 3. The highest BCUT2D eigenvalue weighted by Gasteiger charge is 2.48. The standard InChI is InChI=1S/C12H8F3N3O2S/c1-7-5-9-8-3-2-4-16-11(8)18(10(9)6-17-7)21(19,20)12(13,14)15/h2-6H,1H3. The molecule has 0 aliphatic rings. The summed E-state index contributed by atoms with van der Waals surface area (Å²) < 4.78 is 62.4. The fraction of sp³-hybridized carbons (Fsp3) is 0.167. The van der Waals surface area contributed by atoms with Crippen LogP contribution in [0.1, 0.15) is 5.69 Å². The Morgan fingerprint density at radius 2 is 1.90 bits per heavy atom. The van der Waals surface area contributed by atoms with Crippen LogP contribution in [0.4, 0.5) is 13.2 Å². The third-order valence-electron chi connectivity index (χ3n) is 3.04. The van der Waals surface area contributed by atoms with E-state index in [1.807, 2.05) is 0 Å². The molecule has 0 saturated heterocycles. The maximum atomic E-state index is 12.9. The topological polar surface area (TPSA) is 64.8 Å². The second-order valence-electron chi connectivity index (χ2n) is 4.43. The second-order valence-corrected chi connectivity index (χ2v) is 6.21. The normalized spacial score (nSPS) is 13.1. The Kier molecular flexibility index (Phi) is 2.74. The van der Waals surface area contributed by atoms with Crippen molar-refractivity contribution in [1.29, 1.82) is 0 Å². The van der Waals surface area contributed by atoms with E-state index in [-0.39, 0.29) is 15.1 Å². The minimum Gasteiger partial charge on any atom is -0.259 e. The van der Waals surface area contributed by atoms with Gasteiger partial charge in [0.2, 0.25) is 0 Å². The van der Waals surface area contributed by atoms with Gasteiger partial charge in [0, 0.05) is 22.7 Å². The first-order valence-electron chi connectivity index (χ1n) is 5.77. The number of alkyl halides is 3. The van der Waals surface area contributed by atoms with Gasteiger partial charge < -0.3 is 0 Å². The predicted molar refractivity (Wildman–Crippen MR) is 70.1 cm³/mol. The summed E-state index contributed by atoms with van der Waals surface area (Å²) in [6, 6.07) is 4.58. The molecule has 110 valence electrons. The molecule has 0 fully saturated rings. The van der Waals surface area contributed by atoms with Crippen LogP contribution in [-0.2, 0) is 10.0 Å². The Labute approximate surface area is 117 Å². The predicted octanol–water partition coefficient (Wildman–Crippen LogP) is 2.59. The van der Waals surface area contributed by atoms with Crippen LogP contribution in [0.25, 0.3) is 21.9 Å². The maximum Gasteiger partial charge on any atom is 0.517 e. The molecule has 0 atom stereocenters. The van der Waals surface area contributed by atoms with E-state index < -0.39 is 15.5 Å². The van der Waals surface area contributed by atoms with Crippen LogP contribution in [0, 0.1) is 6.92 Å². The monoisotopic (exact) mass is 315 g/mol. The molecule has 3 aromatic rings. The van der Waals surface area contributed by atoms with Gasteiger partial charge >= 0.3 is 15.5 Å². The minimum atomic E-state index is -5.58. The van der Waals surface area contributed by atoms with Crippen molar-refractivity contribution in [3.8, 4) is 0 Å². The number of hydrogen-bond acceptors (Lipinski definition) is 4. The van der Waals surface area contributed by atoms with Crippen molar-refractivity contribution in [1.82, 2.24) is 13.9 Å². The van der Waals surface area contributed by atoms with E-state index in [0.717, 1.165) is 6.20 Å². The van der Waals surface area contributed by atoms with Gasteiger partial charge in [0.05, 0.1) is 11.7 Å². The third-order valence-corrected chi connectivity index (χ3v) is 4.48. The largest absolute Gasteiger partial charge is 0.517 e. The van der Waals surface area contributed by atoms with E-state index in [0.29, 0.717) is 16.5 Å². The number of rotatable bonds is 1. The van der Waals surface area contributed by atoms with Gasteiger partial charge in [-0.25, -0.2) is 8.96 Å². The van der Waals surface area contributed by atoms with Gasteiger partial charge in [0.1, 0.15) is 0 Å². The number of hydrogen-bond donors (Lipinski definition) is 0. The van der Waals surface area contributed by atoms with Gasteiger partial charge in [0.25, 0.3) is 0 Å². The molecule has 0 amide bonds. The average Bonchev–Trinajstić information content (AvgIpc) is 2.72. The molecule has 0 aliphatic carbocycles. The Balaban J connectivity index is 2.58. The molecular weight excluding hydrogens is 307 g/mol. The number of nitrogens with zero attached hydrogens (tertiary/aromatic N) is 3. The van der Waals surface area contributed by atoms with Gasteiger partial charge in [-0.15, -0.1) is 0 Å². The van der Waals surface area contributed by atoms with Crippen LogP contribution < -0.4 is 0 Å². The van der Waals surface area contributed by atoms with Crippen LogP contribution in [0.15, 0.2) is 30.6 Å². The van der Waals surface area contributed by atoms with Crippen molar-refractivity contribution < 1.29 is 21.6 Å². The van der Waals surface area contributed by atoms with Crippen molar-refractivity contribution in [2.45, 2.75) is 12.4 Å². The molecule has 3 rings (SSSR count). The fourth-order valence-electron chi connectivity index (χ4n) is 2.16. The summed E-state index contributed by atoms with van der Waals surface area (Å²) in [7, 11) is -5.58. The lowest BCUT2D eigenvalue weighted by molar-refractivity contribution is -0.0444. The van der Waals surface area contributed by atoms with Crippen LogP contribution in [0.3, 0.4) is 0 Å². The Morgan fingerprint density at radius 1 is 1.19 bits per heavy atom. The molecule has 0 N–H and O–H groups in total.